The Kier molecular flexibility index (Phi) is 3.67. The first kappa shape index (κ1) is 11.8. The molecule has 0 aromatic heterocycles. The fourth-order valence-electron chi connectivity index (χ4n) is 1.16. The van der Waals surface area contributed by atoms with Crippen molar-refractivity contribution in [2.24, 2.45) is 0 Å². The zero-order valence-corrected chi connectivity index (χ0v) is 8.95. The first-order valence-corrected chi connectivity index (χ1v) is 4.70. The number of nitrogens with zero attached hydrogens (tertiary/aromatic N) is 1. The number of rotatable bonds is 4. The van der Waals surface area contributed by atoms with Crippen LogP contribution in [0.15, 0.2) is 30.4 Å². The number of hydrogen-bond donors (Lipinski definition) is 2. The van der Waals surface area contributed by atoms with Gasteiger partial charge in [0.1, 0.15) is 0 Å². The fraction of sp³-hybridized carbons (Fsp3) is 0.167. The summed E-state index contributed by atoms with van der Waals surface area (Å²) in [5.74, 6) is -1.03. The molecule has 0 spiro atoms. The van der Waals surface area contributed by atoms with Gasteiger partial charge < -0.3 is 10.4 Å². The maximum Gasteiger partial charge on any atom is 0.332 e. The van der Waals surface area contributed by atoms with Crippen LogP contribution in [-0.4, -0.2) is 17.6 Å². The van der Waals surface area contributed by atoms with Gasteiger partial charge in [0.05, 0.1) is 11.6 Å². The molecule has 1 aromatic rings. The molecule has 0 bridgehead atoms. The van der Waals surface area contributed by atoms with Crippen LogP contribution in [0.2, 0.25) is 0 Å². The molecule has 0 fully saturated rings. The van der Waals surface area contributed by atoms with E-state index in [4.69, 9.17) is 10.4 Å². The first-order valence-electron chi connectivity index (χ1n) is 4.70. The summed E-state index contributed by atoms with van der Waals surface area (Å²) in [5, 5.41) is 20.3. The Labute approximate surface area is 93.8 Å². The average molecular weight is 216 g/mol. The minimum absolute atomic E-state index is 0.0850. The van der Waals surface area contributed by atoms with Gasteiger partial charge in [0.2, 0.25) is 0 Å². The van der Waals surface area contributed by atoms with Crippen LogP contribution in [0.4, 0.5) is 5.69 Å². The van der Waals surface area contributed by atoms with E-state index in [2.05, 4.69) is 11.9 Å². The molecule has 82 valence electrons. The number of aliphatic carboxylic acids is 1. The second-order valence-electron chi connectivity index (χ2n) is 3.40. The Bertz CT molecular complexity index is 472. The van der Waals surface area contributed by atoms with Crippen molar-refractivity contribution in [3.63, 3.8) is 0 Å². The quantitative estimate of drug-likeness (QED) is 0.754. The highest BCUT2D eigenvalue weighted by Gasteiger charge is 2.05. The molecule has 0 aliphatic heterocycles. The van der Waals surface area contributed by atoms with Gasteiger partial charge in [0.25, 0.3) is 0 Å². The molecule has 0 heterocycles. The summed E-state index contributed by atoms with van der Waals surface area (Å²) >= 11 is 0. The van der Waals surface area contributed by atoms with Crippen LogP contribution in [0.1, 0.15) is 11.1 Å². The van der Waals surface area contributed by atoms with E-state index >= 15 is 0 Å². The van der Waals surface area contributed by atoms with Crippen molar-refractivity contribution in [3.8, 4) is 6.07 Å². The molecule has 1 aromatic carbocycles. The predicted octanol–water partition coefficient (Wildman–Crippen LogP) is 1.92. The molecule has 0 unspecified atom stereocenters. The minimum Gasteiger partial charge on any atom is -0.478 e. The second-order valence-corrected chi connectivity index (χ2v) is 3.40. The van der Waals surface area contributed by atoms with E-state index in [9.17, 15) is 4.79 Å². The summed E-state index contributed by atoms with van der Waals surface area (Å²) in [4.78, 5) is 10.5. The number of carboxylic acids is 1. The van der Waals surface area contributed by atoms with Gasteiger partial charge in [0.15, 0.2) is 0 Å². The number of carboxylic acid groups (broad SMARTS) is 1. The van der Waals surface area contributed by atoms with Crippen molar-refractivity contribution in [1.82, 2.24) is 0 Å². The Morgan fingerprint density at radius 3 is 2.88 bits per heavy atom. The number of aryl methyl sites for hydroxylation is 1. The summed E-state index contributed by atoms with van der Waals surface area (Å²) in [5.41, 5.74) is 2.33. The van der Waals surface area contributed by atoms with Gasteiger partial charge >= 0.3 is 5.97 Å². The molecule has 4 nitrogen and oxygen atoms in total. The predicted molar refractivity (Wildman–Crippen MR) is 61.2 cm³/mol. The van der Waals surface area contributed by atoms with Crippen molar-refractivity contribution < 1.29 is 9.90 Å². The maximum atomic E-state index is 10.5. The number of anilines is 1. The van der Waals surface area contributed by atoms with E-state index in [0.29, 0.717) is 5.56 Å². The SMILES string of the molecule is C=C(CNc1cc(C#N)ccc1C)C(=O)O. The fourth-order valence-corrected chi connectivity index (χ4v) is 1.16. The van der Waals surface area contributed by atoms with Crippen LogP contribution in [0.5, 0.6) is 0 Å². The summed E-state index contributed by atoms with van der Waals surface area (Å²) < 4.78 is 0. The topological polar surface area (TPSA) is 73.1 Å². The summed E-state index contributed by atoms with van der Waals surface area (Å²) in [7, 11) is 0. The zero-order valence-electron chi connectivity index (χ0n) is 8.95. The number of nitrogens with one attached hydrogen (secondary N) is 1. The van der Waals surface area contributed by atoms with E-state index in [1.807, 2.05) is 19.1 Å². The van der Waals surface area contributed by atoms with Crippen molar-refractivity contribution in [1.29, 1.82) is 5.26 Å². The molecule has 2 N–H and O–H groups in total. The second kappa shape index (κ2) is 4.99. The third kappa shape index (κ3) is 2.85. The van der Waals surface area contributed by atoms with E-state index < -0.39 is 5.97 Å². The molecule has 0 aliphatic carbocycles. The molecule has 0 saturated carbocycles. The lowest BCUT2D eigenvalue weighted by atomic mass is 10.1. The van der Waals surface area contributed by atoms with Crippen LogP contribution >= 0.6 is 0 Å². The van der Waals surface area contributed by atoms with Crippen LogP contribution < -0.4 is 5.32 Å². The van der Waals surface area contributed by atoms with Gasteiger partial charge in [-0.25, -0.2) is 4.79 Å². The van der Waals surface area contributed by atoms with Gasteiger partial charge in [-0.15, -0.1) is 0 Å². The number of hydrogen-bond acceptors (Lipinski definition) is 3. The van der Waals surface area contributed by atoms with E-state index in [1.165, 1.54) is 0 Å². The molecule has 16 heavy (non-hydrogen) atoms. The smallest absolute Gasteiger partial charge is 0.332 e. The molecule has 0 aliphatic rings. The van der Waals surface area contributed by atoms with Crippen LogP contribution in [0.3, 0.4) is 0 Å². The molecular formula is C12H12N2O2. The standard InChI is InChI=1S/C12H12N2O2/c1-8-3-4-10(6-13)5-11(8)14-7-9(2)12(15)16/h3-5,14H,2,7H2,1H3,(H,15,16). The maximum absolute atomic E-state index is 10.5. The molecule has 0 radical (unpaired) electrons. The number of nitriles is 1. The van der Waals surface area contributed by atoms with E-state index in [0.717, 1.165) is 11.3 Å². The number of benzene rings is 1. The van der Waals surface area contributed by atoms with Crippen LogP contribution in [-0.2, 0) is 4.79 Å². The number of carbonyl (C=O) groups is 1. The minimum atomic E-state index is -1.03. The lowest BCUT2D eigenvalue weighted by molar-refractivity contribution is -0.132. The average Bonchev–Trinajstić information content (AvgIpc) is 2.27. The van der Waals surface area contributed by atoms with E-state index in [1.54, 1.807) is 12.1 Å². The highest BCUT2D eigenvalue weighted by molar-refractivity contribution is 5.86. The highest BCUT2D eigenvalue weighted by Crippen LogP contribution is 2.16. The monoisotopic (exact) mass is 216 g/mol. The third-order valence-corrected chi connectivity index (χ3v) is 2.16. The Balaban J connectivity index is 2.78. The Morgan fingerprint density at radius 2 is 2.31 bits per heavy atom. The van der Waals surface area contributed by atoms with Crippen molar-refractivity contribution >= 4 is 11.7 Å². The van der Waals surface area contributed by atoms with Crippen LogP contribution in [0.25, 0.3) is 0 Å². The lowest BCUT2D eigenvalue weighted by Gasteiger charge is -2.09. The Morgan fingerprint density at radius 1 is 1.62 bits per heavy atom. The highest BCUT2D eigenvalue weighted by atomic mass is 16.4. The lowest BCUT2D eigenvalue weighted by Crippen LogP contribution is -2.11. The first-order chi connectivity index (χ1) is 7.54. The molecule has 0 atom stereocenters. The van der Waals surface area contributed by atoms with Gasteiger partial charge in [0, 0.05) is 17.8 Å². The van der Waals surface area contributed by atoms with Crippen molar-refractivity contribution in [3.05, 3.63) is 41.5 Å². The van der Waals surface area contributed by atoms with Gasteiger partial charge in [-0.05, 0) is 24.6 Å². The normalized spacial score (nSPS) is 9.25. The Hall–Kier alpha value is -2.28. The summed E-state index contributed by atoms with van der Waals surface area (Å²) in [6.07, 6.45) is 0. The van der Waals surface area contributed by atoms with E-state index in [-0.39, 0.29) is 12.1 Å². The van der Waals surface area contributed by atoms with Crippen LogP contribution in [0, 0.1) is 18.3 Å². The molecule has 0 amide bonds. The molecule has 4 heteroatoms. The van der Waals surface area contributed by atoms with Gasteiger partial charge in [-0.1, -0.05) is 12.6 Å². The summed E-state index contributed by atoms with van der Waals surface area (Å²) in [6.45, 7) is 5.45. The third-order valence-electron chi connectivity index (χ3n) is 2.16. The molecular weight excluding hydrogens is 204 g/mol. The largest absolute Gasteiger partial charge is 0.478 e. The van der Waals surface area contributed by atoms with Crippen molar-refractivity contribution in [2.45, 2.75) is 6.92 Å². The summed E-state index contributed by atoms with van der Waals surface area (Å²) in [6, 6.07) is 7.24. The van der Waals surface area contributed by atoms with Gasteiger partial charge in [-0.2, -0.15) is 5.26 Å². The molecule has 0 saturated heterocycles. The zero-order chi connectivity index (χ0) is 12.1. The van der Waals surface area contributed by atoms with Crippen molar-refractivity contribution in [2.75, 3.05) is 11.9 Å². The van der Waals surface area contributed by atoms with Gasteiger partial charge in [-0.3, -0.25) is 0 Å². The molecule has 1 rings (SSSR count).